The van der Waals surface area contributed by atoms with Gasteiger partial charge in [0.2, 0.25) is 5.91 Å². The van der Waals surface area contributed by atoms with Gasteiger partial charge in [0.25, 0.3) is 5.91 Å². The quantitative estimate of drug-likeness (QED) is 0.687. The van der Waals surface area contributed by atoms with Gasteiger partial charge in [0.1, 0.15) is 11.5 Å². The molecule has 2 amide bonds. The maximum Gasteiger partial charge on any atom is 0.260 e. The number of nitrogens with zero attached hydrogens (tertiary/aromatic N) is 3. The van der Waals surface area contributed by atoms with E-state index in [4.69, 9.17) is 9.47 Å². The highest BCUT2D eigenvalue weighted by molar-refractivity contribution is 5.78. The molecule has 0 aliphatic carbocycles. The molecule has 1 aliphatic rings. The van der Waals surface area contributed by atoms with E-state index in [9.17, 15) is 9.59 Å². The number of carbonyl (C=O) groups excluding carboxylic acids is 2. The van der Waals surface area contributed by atoms with Gasteiger partial charge in [0.15, 0.2) is 6.61 Å². The van der Waals surface area contributed by atoms with Gasteiger partial charge in [-0.1, -0.05) is 0 Å². The van der Waals surface area contributed by atoms with E-state index < -0.39 is 0 Å². The molecule has 0 aromatic heterocycles. The Morgan fingerprint density at radius 1 is 1.00 bits per heavy atom. The van der Waals surface area contributed by atoms with Crippen LogP contribution in [0.3, 0.4) is 0 Å². The van der Waals surface area contributed by atoms with E-state index in [1.54, 1.807) is 31.4 Å². The molecule has 0 unspecified atom stereocenters. The van der Waals surface area contributed by atoms with Crippen LogP contribution >= 0.6 is 0 Å². The number of amides is 2. The minimum Gasteiger partial charge on any atom is -0.497 e. The third-order valence-electron chi connectivity index (χ3n) is 4.84. The van der Waals surface area contributed by atoms with E-state index in [0.717, 1.165) is 31.8 Å². The second-order valence-electron chi connectivity index (χ2n) is 6.54. The summed E-state index contributed by atoms with van der Waals surface area (Å²) in [5.41, 5.74) is 0. The monoisotopic (exact) mass is 377 g/mol. The van der Waals surface area contributed by atoms with Gasteiger partial charge in [-0.2, -0.15) is 0 Å². The Labute approximate surface area is 161 Å². The number of benzene rings is 1. The van der Waals surface area contributed by atoms with Crippen molar-refractivity contribution in [3.8, 4) is 11.5 Å². The summed E-state index contributed by atoms with van der Waals surface area (Å²) >= 11 is 0. The Morgan fingerprint density at radius 3 is 2.30 bits per heavy atom. The van der Waals surface area contributed by atoms with Crippen LogP contribution in [0.5, 0.6) is 11.5 Å². The van der Waals surface area contributed by atoms with Crippen LogP contribution in [0, 0.1) is 0 Å². The number of carbonyl (C=O) groups is 2. The first-order valence-corrected chi connectivity index (χ1v) is 9.62. The standard InChI is InChI=1S/C20H31N3O4/c1-4-22(5-2)19(24)15-21-11-6-12-23(14-13-21)20(25)16-27-18-9-7-17(26-3)8-10-18/h7-10H,4-6,11-16H2,1-3H3. The zero-order chi connectivity index (χ0) is 19.6. The van der Waals surface area contributed by atoms with Gasteiger partial charge in [-0.3, -0.25) is 14.5 Å². The fourth-order valence-electron chi connectivity index (χ4n) is 3.15. The summed E-state index contributed by atoms with van der Waals surface area (Å²) in [7, 11) is 1.61. The molecule has 1 fully saturated rings. The molecule has 0 bridgehead atoms. The Morgan fingerprint density at radius 2 is 1.67 bits per heavy atom. The normalized spacial score (nSPS) is 15.1. The van der Waals surface area contributed by atoms with Crippen molar-refractivity contribution in [3.05, 3.63) is 24.3 Å². The van der Waals surface area contributed by atoms with Gasteiger partial charge in [-0.15, -0.1) is 0 Å². The van der Waals surface area contributed by atoms with Crippen molar-refractivity contribution in [1.29, 1.82) is 0 Å². The Hall–Kier alpha value is -2.28. The van der Waals surface area contributed by atoms with Crippen LogP contribution in [0.1, 0.15) is 20.3 Å². The number of hydrogen-bond donors (Lipinski definition) is 0. The lowest BCUT2D eigenvalue weighted by Gasteiger charge is -2.25. The zero-order valence-electron chi connectivity index (χ0n) is 16.6. The molecule has 0 radical (unpaired) electrons. The number of rotatable bonds is 8. The van der Waals surface area contributed by atoms with E-state index in [-0.39, 0.29) is 18.4 Å². The van der Waals surface area contributed by atoms with Crippen LogP contribution in [-0.2, 0) is 9.59 Å². The van der Waals surface area contributed by atoms with Crippen LogP contribution < -0.4 is 9.47 Å². The minimum atomic E-state index is -0.0252. The van der Waals surface area contributed by atoms with Gasteiger partial charge < -0.3 is 19.3 Å². The fraction of sp³-hybridized carbons (Fsp3) is 0.600. The molecule has 0 atom stereocenters. The van der Waals surface area contributed by atoms with Crippen molar-refractivity contribution in [1.82, 2.24) is 14.7 Å². The Balaban J connectivity index is 1.78. The zero-order valence-corrected chi connectivity index (χ0v) is 16.6. The molecule has 1 heterocycles. The lowest BCUT2D eigenvalue weighted by atomic mass is 10.3. The summed E-state index contributed by atoms with van der Waals surface area (Å²) < 4.78 is 10.7. The number of methoxy groups -OCH3 is 1. The lowest BCUT2D eigenvalue weighted by molar-refractivity contribution is -0.133. The lowest BCUT2D eigenvalue weighted by Crippen LogP contribution is -2.42. The summed E-state index contributed by atoms with van der Waals surface area (Å²) in [6.07, 6.45) is 0.861. The second kappa shape index (κ2) is 10.8. The van der Waals surface area contributed by atoms with Crippen molar-refractivity contribution in [3.63, 3.8) is 0 Å². The average molecular weight is 377 g/mol. The molecule has 27 heavy (non-hydrogen) atoms. The molecule has 7 heteroatoms. The summed E-state index contributed by atoms with van der Waals surface area (Å²) in [6, 6.07) is 7.18. The van der Waals surface area contributed by atoms with Crippen LogP contribution in [0.4, 0.5) is 0 Å². The molecular formula is C20H31N3O4. The SMILES string of the molecule is CCN(CC)C(=O)CN1CCCN(C(=O)COc2ccc(OC)cc2)CC1. The van der Waals surface area contributed by atoms with Crippen LogP contribution in [0.15, 0.2) is 24.3 Å². The minimum absolute atomic E-state index is 0.0186. The molecule has 150 valence electrons. The number of hydrogen-bond acceptors (Lipinski definition) is 5. The van der Waals surface area contributed by atoms with E-state index in [2.05, 4.69) is 4.90 Å². The van der Waals surface area contributed by atoms with E-state index in [1.807, 2.05) is 23.6 Å². The number of ether oxygens (including phenoxy) is 2. The second-order valence-corrected chi connectivity index (χ2v) is 6.54. The van der Waals surface area contributed by atoms with Gasteiger partial charge >= 0.3 is 0 Å². The Bertz CT molecular complexity index is 602. The molecule has 7 nitrogen and oxygen atoms in total. The van der Waals surface area contributed by atoms with Crippen LogP contribution in [-0.4, -0.2) is 86.0 Å². The summed E-state index contributed by atoms with van der Waals surface area (Å²) in [4.78, 5) is 30.5. The van der Waals surface area contributed by atoms with Gasteiger partial charge in [-0.05, 0) is 44.5 Å². The van der Waals surface area contributed by atoms with Crippen molar-refractivity contribution in [2.75, 3.05) is 59.5 Å². The third kappa shape index (κ3) is 6.43. The molecule has 1 aliphatic heterocycles. The smallest absolute Gasteiger partial charge is 0.260 e. The highest BCUT2D eigenvalue weighted by Crippen LogP contribution is 2.17. The van der Waals surface area contributed by atoms with Crippen molar-refractivity contribution in [2.24, 2.45) is 0 Å². The summed E-state index contributed by atoms with van der Waals surface area (Å²) in [6.45, 7) is 8.75. The maximum atomic E-state index is 12.5. The molecule has 0 N–H and O–H groups in total. The predicted molar refractivity (Wildman–Crippen MR) is 104 cm³/mol. The van der Waals surface area contributed by atoms with Crippen LogP contribution in [0.25, 0.3) is 0 Å². The van der Waals surface area contributed by atoms with Gasteiger partial charge in [0.05, 0.1) is 13.7 Å². The van der Waals surface area contributed by atoms with E-state index >= 15 is 0 Å². The van der Waals surface area contributed by atoms with Gasteiger partial charge in [-0.25, -0.2) is 0 Å². The number of likely N-dealkylation sites (N-methyl/N-ethyl adjacent to an activating group) is 1. The van der Waals surface area contributed by atoms with E-state index in [1.165, 1.54) is 0 Å². The molecule has 2 rings (SSSR count). The van der Waals surface area contributed by atoms with E-state index in [0.29, 0.717) is 31.9 Å². The first-order valence-electron chi connectivity index (χ1n) is 9.62. The fourth-order valence-corrected chi connectivity index (χ4v) is 3.15. The summed E-state index contributed by atoms with van der Waals surface area (Å²) in [5.74, 6) is 1.52. The maximum absolute atomic E-state index is 12.5. The van der Waals surface area contributed by atoms with Gasteiger partial charge in [0, 0.05) is 39.3 Å². The largest absolute Gasteiger partial charge is 0.497 e. The predicted octanol–water partition coefficient (Wildman–Crippen LogP) is 1.48. The molecule has 1 aromatic carbocycles. The van der Waals surface area contributed by atoms with Crippen molar-refractivity contribution < 1.29 is 19.1 Å². The third-order valence-corrected chi connectivity index (χ3v) is 4.84. The summed E-state index contributed by atoms with van der Waals surface area (Å²) in [5, 5.41) is 0. The highest BCUT2D eigenvalue weighted by atomic mass is 16.5. The first kappa shape index (κ1) is 21.0. The van der Waals surface area contributed by atoms with Crippen LogP contribution in [0.2, 0.25) is 0 Å². The molecule has 0 spiro atoms. The molecule has 1 saturated heterocycles. The van der Waals surface area contributed by atoms with Crippen molar-refractivity contribution >= 4 is 11.8 Å². The van der Waals surface area contributed by atoms with Crippen molar-refractivity contribution in [2.45, 2.75) is 20.3 Å². The molecular weight excluding hydrogens is 346 g/mol. The Kier molecular flexibility index (Phi) is 8.39. The topological polar surface area (TPSA) is 62.3 Å². The average Bonchev–Trinajstić information content (AvgIpc) is 2.93. The first-order chi connectivity index (χ1) is 13.1. The highest BCUT2D eigenvalue weighted by Gasteiger charge is 2.22. The molecule has 1 aromatic rings. The molecule has 0 saturated carbocycles.